The second-order valence-electron chi connectivity index (χ2n) is 9.01. The first kappa shape index (κ1) is 18.8. The molecule has 3 atom stereocenters. The van der Waals surface area contributed by atoms with Gasteiger partial charge in [0.1, 0.15) is 5.54 Å². The quantitative estimate of drug-likeness (QED) is 0.644. The van der Waals surface area contributed by atoms with E-state index >= 15 is 0 Å². The molecule has 5 heterocycles. The van der Waals surface area contributed by atoms with E-state index in [1.54, 1.807) is 12.4 Å². The highest BCUT2D eigenvalue weighted by Crippen LogP contribution is 2.56. The molecule has 0 unspecified atom stereocenters. The Morgan fingerprint density at radius 1 is 1.03 bits per heavy atom. The molecule has 3 aromatic rings. The van der Waals surface area contributed by atoms with Crippen molar-refractivity contribution in [2.24, 2.45) is 5.92 Å². The van der Waals surface area contributed by atoms with Crippen LogP contribution >= 0.6 is 0 Å². The van der Waals surface area contributed by atoms with E-state index in [9.17, 15) is 4.79 Å². The van der Waals surface area contributed by atoms with Gasteiger partial charge in [0.15, 0.2) is 0 Å². The molecule has 1 amide bonds. The molecule has 0 saturated carbocycles. The van der Waals surface area contributed by atoms with Crippen LogP contribution in [0.5, 0.6) is 0 Å². The molecule has 0 aliphatic carbocycles. The minimum Gasteiger partial charge on any atom is -0.340 e. The number of carbonyl (C=O) groups excluding carboxylic acids is 1. The van der Waals surface area contributed by atoms with Crippen LogP contribution in [0.15, 0.2) is 67.1 Å². The molecule has 6 nitrogen and oxygen atoms in total. The van der Waals surface area contributed by atoms with Crippen molar-refractivity contribution in [2.45, 2.75) is 37.3 Å². The van der Waals surface area contributed by atoms with Gasteiger partial charge in [-0.15, -0.1) is 0 Å². The zero-order chi connectivity index (χ0) is 20.8. The lowest BCUT2D eigenvalue weighted by molar-refractivity contribution is -0.137. The minimum absolute atomic E-state index is 0.242. The average molecular weight is 414 g/mol. The third-order valence-corrected chi connectivity index (χ3v) is 7.53. The second kappa shape index (κ2) is 7.31. The van der Waals surface area contributed by atoms with Crippen LogP contribution in [0.2, 0.25) is 0 Å². The van der Waals surface area contributed by atoms with Gasteiger partial charge in [0, 0.05) is 43.3 Å². The standard InChI is InChI=1S/C25H27N5O/c31-23-25-11-5-15-30(25)22(21-9-4-14-29(21)24-26-12-6-13-27-24)17-20(25)18-28(23)16-10-19-7-2-1-3-8-19/h1-4,6-9,12-14,20,22H,5,10-11,15-18H2/t20-,22-,25-/m0/s1. The van der Waals surface area contributed by atoms with Gasteiger partial charge in [-0.3, -0.25) is 14.3 Å². The number of likely N-dealkylation sites (tertiary alicyclic amines) is 1. The smallest absolute Gasteiger partial charge is 0.243 e. The molecule has 1 spiro atoms. The fourth-order valence-electron chi connectivity index (χ4n) is 6.22. The predicted octanol–water partition coefficient (Wildman–Crippen LogP) is 3.25. The van der Waals surface area contributed by atoms with Crippen molar-refractivity contribution in [3.05, 3.63) is 78.4 Å². The summed E-state index contributed by atoms with van der Waals surface area (Å²) in [5, 5.41) is 0. The Labute approximate surface area is 182 Å². The summed E-state index contributed by atoms with van der Waals surface area (Å²) in [6.07, 6.45) is 9.61. The van der Waals surface area contributed by atoms with Crippen molar-refractivity contribution in [3.63, 3.8) is 0 Å². The number of amides is 1. The van der Waals surface area contributed by atoms with Gasteiger partial charge in [0.25, 0.3) is 0 Å². The molecule has 31 heavy (non-hydrogen) atoms. The number of nitrogens with zero attached hydrogens (tertiary/aromatic N) is 5. The van der Waals surface area contributed by atoms with E-state index in [0.717, 1.165) is 45.3 Å². The Kier molecular flexibility index (Phi) is 4.42. The molecule has 3 fully saturated rings. The van der Waals surface area contributed by atoms with Crippen LogP contribution in [0.3, 0.4) is 0 Å². The lowest BCUT2D eigenvalue weighted by atomic mass is 9.85. The zero-order valence-electron chi connectivity index (χ0n) is 17.6. The zero-order valence-corrected chi connectivity index (χ0v) is 17.6. The van der Waals surface area contributed by atoms with E-state index in [4.69, 9.17) is 0 Å². The third-order valence-electron chi connectivity index (χ3n) is 7.53. The third kappa shape index (κ3) is 2.85. The summed E-state index contributed by atoms with van der Waals surface area (Å²) in [5.74, 6) is 1.44. The van der Waals surface area contributed by atoms with Crippen molar-refractivity contribution in [1.29, 1.82) is 0 Å². The van der Waals surface area contributed by atoms with Crippen LogP contribution in [-0.4, -0.2) is 55.4 Å². The van der Waals surface area contributed by atoms with E-state index in [2.05, 4.69) is 60.7 Å². The number of aromatic nitrogens is 3. The molecule has 3 aliphatic rings. The van der Waals surface area contributed by atoms with Gasteiger partial charge in [-0.2, -0.15) is 0 Å². The summed E-state index contributed by atoms with van der Waals surface area (Å²) in [4.78, 5) is 27.3. The fraction of sp³-hybridized carbons (Fsp3) is 0.400. The summed E-state index contributed by atoms with van der Waals surface area (Å²) in [6.45, 7) is 2.68. The number of rotatable bonds is 5. The lowest BCUT2D eigenvalue weighted by Crippen LogP contribution is -2.50. The first-order chi connectivity index (χ1) is 15.3. The van der Waals surface area contributed by atoms with Gasteiger partial charge in [0.05, 0.1) is 6.04 Å². The minimum atomic E-state index is -0.312. The maximum Gasteiger partial charge on any atom is 0.243 e. The molecule has 0 bridgehead atoms. The molecule has 3 saturated heterocycles. The fourth-order valence-corrected chi connectivity index (χ4v) is 6.22. The average Bonchev–Trinajstić information content (AvgIpc) is 3.56. The maximum absolute atomic E-state index is 13.7. The van der Waals surface area contributed by atoms with Gasteiger partial charge in [0.2, 0.25) is 11.9 Å². The highest BCUT2D eigenvalue weighted by molar-refractivity contribution is 5.90. The van der Waals surface area contributed by atoms with Crippen LogP contribution in [0.1, 0.15) is 36.6 Å². The van der Waals surface area contributed by atoms with Crippen LogP contribution in [-0.2, 0) is 11.2 Å². The highest BCUT2D eigenvalue weighted by atomic mass is 16.2. The summed E-state index contributed by atoms with van der Waals surface area (Å²) in [7, 11) is 0. The summed E-state index contributed by atoms with van der Waals surface area (Å²) in [5.41, 5.74) is 2.19. The Hall–Kier alpha value is -2.99. The number of hydrogen-bond acceptors (Lipinski definition) is 4. The van der Waals surface area contributed by atoms with Crippen LogP contribution in [0.4, 0.5) is 0 Å². The van der Waals surface area contributed by atoms with Crippen molar-refractivity contribution in [2.75, 3.05) is 19.6 Å². The first-order valence-corrected chi connectivity index (χ1v) is 11.3. The van der Waals surface area contributed by atoms with Crippen molar-refractivity contribution >= 4 is 5.91 Å². The number of carbonyl (C=O) groups is 1. The van der Waals surface area contributed by atoms with Gasteiger partial charge in [-0.05, 0) is 56.0 Å². The molecule has 6 heteroatoms. The van der Waals surface area contributed by atoms with E-state index in [1.807, 2.05) is 18.3 Å². The molecule has 0 radical (unpaired) electrons. The SMILES string of the molecule is O=C1N(CCc2ccccc2)C[C@@H]2C[C@@H](c3cccn3-c3ncccn3)N3CCC[C@@]123. The van der Waals surface area contributed by atoms with E-state index in [1.165, 1.54) is 11.3 Å². The highest BCUT2D eigenvalue weighted by Gasteiger charge is 2.65. The Morgan fingerprint density at radius 2 is 1.87 bits per heavy atom. The summed E-state index contributed by atoms with van der Waals surface area (Å²) in [6, 6.07) is 16.8. The van der Waals surface area contributed by atoms with Crippen molar-refractivity contribution in [3.8, 4) is 5.95 Å². The molecular formula is C25H27N5O. The largest absolute Gasteiger partial charge is 0.340 e. The molecule has 6 rings (SSSR count). The molecular weight excluding hydrogens is 386 g/mol. The van der Waals surface area contributed by atoms with E-state index in [-0.39, 0.29) is 11.6 Å². The summed E-state index contributed by atoms with van der Waals surface area (Å²) < 4.78 is 2.09. The Morgan fingerprint density at radius 3 is 2.71 bits per heavy atom. The summed E-state index contributed by atoms with van der Waals surface area (Å²) >= 11 is 0. The first-order valence-electron chi connectivity index (χ1n) is 11.3. The van der Waals surface area contributed by atoms with Gasteiger partial charge < -0.3 is 4.90 Å². The molecule has 2 aromatic heterocycles. The van der Waals surface area contributed by atoms with Gasteiger partial charge >= 0.3 is 0 Å². The van der Waals surface area contributed by atoms with E-state index < -0.39 is 0 Å². The topological polar surface area (TPSA) is 54.3 Å². The van der Waals surface area contributed by atoms with Crippen molar-refractivity contribution in [1.82, 2.24) is 24.3 Å². The number of benzene rings is 1. The predicted molar refractivity (Wildman–Crippen MR) is 118 cm³/mol. The second-order valence-corrected chi connectivity index (χ2v) is 9.01. The van der Waals surface area contributed by atoms with Crippen LogP contribution in [0, 0.1) is 5.92 Å². The van der Waals surface area contributed by atoms with Crippen molar-refractivity contribution < 1.29 is 4.79 Å². The Balaban J connectivity index is 1.26. The molecule has 1 aromatic carbocycles. The monoisotopic (exact) mass is 413 g/mol. The van der Waals surface area contributed by atoms with Gasteiger partial charge in [-0.1, -0.05) is 30.3 Å². The lowest BCUT2D eigenvalue weighted by Gasteiger charge is -2.33. The number of hydrogen-bond donors (Lipinski definition) is 0. The maximum atomic E-state index is 13.7. The van der Waals surface area contributed by atoms with Gasteiger partial charge in [-0.25, -0.2) is 9.97 Å². The van der Waals surface area contributed by atoms with E-state index in [0.29, 0.717) is 17.8 Å². The molecule has 0 N–H and O–H groups in total. The van der Waals surface area contributed by atoms with Crippen LogP contribution in [0.25, 0.3) is 5.95 Å². The normalized spacial score (nSPS) is 27.6. The van der Waals surface area contributed by atoms with Crippen LogP contribution < -0.4 is 0 Å². The molecule has 3 aliphatic heterocycles. The molecule has 158 valence electrons. The Bertz CT molecular complexity index is 1080.